The van der Waals surface area contributed by atoms with Crippen molar-refractivity contribution in [2.24, 2.45) is 10.8 Å². The van der Waals surface area contributed by atoms with Crippen LogP contribution in [0.1, 0.15) is 23.2 Å². The zero-order chi connectivity index (χ0) is 21.1. The molecule has 0 bridgehead atoms. The molecule has 0 radical (unpaired) electrons. The average molecular weight is 435 g/mol. The number of hydrogen-bond donors (Lipinski definition) is 4. The summed E-state index contributed by atoms with van der Waals surface area (Å²) in [6.07, 6.45) is 2.22. The van der Waals surface area contributed by atoms with Gasteiger partial charge in [-0.2, -0.15) is 0 Å². The Hall–Kier alpha value is -3.50. The SMILES string of the molecule is Cl.NNC=NCCC[C@@H](NC(=O)c1ccccc1)C(=O)Nc1ccc([N+](=O)[O-])cc1. The van der Waals surface area contributed by atoms with Crippen molar-refractivity contribution in [3.8, 4) is 0 Å². The Morgan fingerprint density at radius 3 is 2.40 bits per heavy atom. The van der Waals surface area contributed by atoms with E-state index >= 15 is 0 Å². The first-order chi connectivity index (χ1) is 14.0. The Kier molecular flexibility index (Phi) is 10.5. The summed E-state index contributed by atoms with van der Waals surface area (Å²) in [4.78, 5) is 39.3. The summed E-state index contributed by atoms with van der Waals surface area (Å²) in [6, 6.07) is 13.2. The van der Waals surface area contributed by atoms with Gasteiger partial charge < -0.3 is 16.1 Å². The third-order valence-electron chi connectivity index (χ3n) is 3.95. The lowest BCUT2D eigenvalue weighted by molar-refractivity contribution is -0.384. The molecule has 10 nitrogen and oxygen atoms in total. The van der Waals surface area contributed by atoms with Gasteiger partial charge in [-0.15, -0.1) is 12.4 Å². The largest absolute Gasteiger partial charge is 0.340 e. The molecule has 0 spiro atoms. The number of hydrazine groups is 1. The predicted molar refractivity (Wildman–Crippen MR) is 117 cm³/mol. The fourth-order valence-electron chi connectivity index (χ4n) is 2.50. The zero-order valence-electron chi connectivity index (χ0n) is 16.0. The van der Waals surface area contributed by atoms with E-state index in [1.807, 2.05) is 0 Å². The number of carbonyl (C=O) groups excluding carboxylic acids is 2. The fraction of sp³-hybridized carbons (Fsp3) is 0.211. The summed E-state index contributed by atoms with van der Waals surface area (Å²) in [5, 5.41) is 16.1. The predicted octanol–water partition coefficient (Wildman–Crippen LogP) is 2.03. The number of carbonyl (C=O) groups is 2. The van der Waals surface area contributed by atoms with Gasteiger partial charge in [0.15, 0.2) is 0 Å². The number of nitrogens with two attached hydrogens (primary N) is 1. The number of nitro benzene ring substituents is 1. The van der Waals surface area contributed by atoms with E-state index in [-0.39, 0.29) is 24.0 Å². The lowest BCUT2D eigenvalue weighted by atomic mass is 10.1. The van der Waals surface area contributed by atoms with Crippen molar-refractivity contribution in [2.45, 2.75) is 18.9 Å². The molecule has 0 heterocycles. The highest BCUT2D eigenvalue weighted by Crippen LogP contribution is 2.16. The number of non-ortho nitro benzene ring substituents is 1. The number of anilines is 1. The summed E-state index contributed by atoms with van der Waals surface area (Å²) >= 11 is 0. The number of hydrogen-bond acceptors (Lipinski definition) is 6. The van der Waals surface area contributed by atoms with Crippen LogP contribution in [0, 0.1) is 10.1 Å². The molecule has 0 saturated carbocycles. The molecule has 30 heavy (non-hydrogen) atoms. The number of halogens is 1. The summed E-state index contributed by atoms with van der Waals surface area (Å²) in [7, 11) is 0. The molecular weight excluding hydrogens is 412 g/mol. The highest BCUT2D eigenvalue weighted by molar-refractivity contribution is 6.01. The van der Waals surface area contributed by atoms with E-state index in [4.69, 9.17) is 5.84 Å². The first-order valence-electron chi connectivity index (χ1n) is 8.87. The molecule has 11 heteroatoms. The van der Waals surface area contributed by atoms with Crippen molar-refractivity contribution in [3.05, 3.63) is 70.3 Å². The topological polar surface area (TPSA) is 152 Å². The van der Waals surface area contributed by atoms with Gasteiger partial charge in [-0.1, -0.05) is 18.2 Å². The Labute approximate surface area is 179 Å². The molecule has 2 aromatic rings. The van der Waals surface area contributed by atoms with Gasteiger partial charge in [-0.25, -0.2) is 5.84 Å². The van der Waals surface area contributed by atoms with Crippen LogP contribution in [0.5, 0.6) is 0 Å². The van der Waals surface area contributed by atoms with Gasteiger partial charge in [0, 0.05) is 29.9 Å². The van der Waals surface area contributed by atoms with Gasteiger partial charge in [0.05, 0.1) is 11.3 Å². The van der Waals surface area contributed by atoms with E-state index in [2.05, 4.69) is 21.1 Å². The number of amides is 2. The van der Waals surface area contributed by atoms with Gasteiger partial charge >= 0.3 is 0 Å². The molecular formula is C19H23ClN6O4. The molecule has 0 saturated heterocycles. The van der Waals surface area contributed by atoms with Gasteiger partial charge in [0.25, 0.3) is 11.6 Å². The Balaban J connectivity index is 0.00000450. The lowest BCUT2D eigenvalue weighted by Crippen LogP contribution is -2.43. The molecule has 1 atom stereocenters. The van der Waals surface area contributed by atoms with Crippen molar-refractivity contribution in [2.75, 3.05) is 11.9 Å². The van der Waals surface area contributed by atoms with Crippen LogP contribution < -0.4 is 21.9 Å². The van der Waals surface area contributed by atoms with Gasteiger partial charge in [0.2, 0.25) is 5.91 Å². The minimum atomic E-state index is -0.807. The smallest absolute Gasteiger partial charge is 0.269 e. The van der Waals surface area contributed by atoms with Crippen LogP contribution in [0.25, 0.3) is 0 Å². The van der Waals surface area contributed by atoms with Crippen molar-refractivity contribution in [1.82, 2.24) is 10.7 Å². The third kappa shape index (κ3) is 7.86. The van der Waals surface area contributed by atoms with E-state index in [1.54, 1.807) is 30.3 Å². The van der Waals surface area contributed by atoms with Crippen LogP contribution in [0.3, 0.4) is 0 Å². The van der Waals surface area contributed by atoms with Crippen LogP contribution in [0.2, 0.25) is 0 Å². The van der Waals surface area contributed by atoms with Crippen molar-refractivity contribution in [1.29, 1.82) is 0 Å². The highest BCUT2D eigenvalue weighted by atomic mass is 35.5. The number of rotatable bonds is 10. The van der Waals surface area contributed by atoms with E-state index in [0.717, 1.165) is 0 Å². The average Bonchev–Trinajstić information content (AvgIpc) is 2.73. The van der Waals surface area contributed by atoms with E-state index in [0.29, 0.717) is 30.6 Å². The molecule has 160 valence electrons. The number of nitrogens with zero attached hydrogens (tertiary/aromatic N) is 2. The minimum absolute atomic E-state index is 0. The Morgan fingerprint density at radius 1 is 1.13 bits per heavy atom. The Bertz CT molecular complexity index is 861. The fourth-order valence-corrected chi connectivity index (χ4v) is 2.50. The summed E-state index contributed by atoms with van der Waals surface area (Å²) < 4.78 is 0. The maximum Gasteiger partial charge on any atom is 0.269 e. The quantitative estimate of drug-likeness (QED) is 0.112. The van der Waals surface area contributed by atoms with Crippen LogP contribution in [0.15, 0.2) is 59.6 Å². The van der Waals surface area contributed by atoms with E-state index in [9.17, 15) is 19.7 Å². The van der Waals surface area contributed by atoms with Crippen LogP contribution in [-0.2, 0) is 4.79 Å². The number of nitrogens with one attached hydrogen (secondary N) is 3. The summed E-state index contributed by atoms with van der Waals surface area (Å²) in [5.41, 5.74) is 3.04. The molecule has 0 aliphatic heterocycles. The normalized spacial score (nSPS) is 11.2. The molecule has 2 rings (SSSR count). The van der Waals surface area contributed by atoms with E-state index in [1.165, 1.54) is 30.6 Å². The highest BCUT2D eigenvalue weighted by Gasteiger charge is 2.21. The molecule has 2 amide bonds. The standard InChI is InChI=1S/C19H22N6O4.ClH/c20-22-13-21-12-4-7-17(24-18(26)14-5-2-1-3-6-14)19(27)23-15-8-10-16(11-9-15)25(28)29;/h1-3,5-6,8-11,13,17H,4,7,12,20H2,(H,21,22)(H,23,27)(H,24,26);1H/t17-;/m1./s1. The molecule has 0 unspecified atom stereocenters. The molecule has 0 aliphatic carbocycles. The van der Waals surface area contributed by atoms with Crippen molar-refractivity contribution >= 4 is 41.9 Å². The first kappa shape index (κ1) is 24.5. The number of nitro groups is 1. The Morgan fingerprint density at radius 2 is 1.80 bits per heavy atom. The lowest BCUT2D eigenvalue weighted by Gasteiger charge is -2.18. The van der Waals surface area contributed by atoms with E-state index < -0.39 is 16.9 Å². The van der Waals surface area contributed by atoms with Crippen molar-refractivity contribution < 1.29 is 14.5 Å². The first-order valence-corrected chi connectivity index (χ1v) is 8.87. The summed E-state index contributed by atoms with van der Waals surface area (Å²) in [5.74, 6) is 4.30. The summed E-state index contributed by atoms with van der Waals surface area (Å²) in [6.45, 7) is 0.423. The second-order valence-electron chi connectivity index (χ2n) is 6.03. The monoisotopic (exact) mass is 434 g/mol. The minimum Gasteiger partial charge on any atom is -0.340 e. The molecule has 0 fully saturated rings. The third-order valence-corrected chi connectivity index (χ3v) is 3.95. The maximum atomic E-state index is 12.7. The second kappa shape index (κ2) is 12.9. The zero-order valence-corrected chi connectivity index (χ0v) is 16.8. The second-order valence-corrected chi connectivity index (χ2v) is 6.03. The van der Waals surface area contributed by atoms with Crippen LogP contribution in [-0.4, -0.2) is 35.7 Å². The molecule has 2 aromatic carbocycles. The van der Waals surface area contributed by atoms with Crippen LogP contribution in [0.4, 0.5) is 11.4 Å². The number of benzene rings is 2. The van der Waals surface area contributed by atoms with Crippen LogP contribution >= 0.6 is 12.4 Å². The van der Waals surface area contributed by atoms with Gasteiger partial charge in [0.1, 0.15) is 6.04 Å². The van der Waals surface area contributed by atoms with Crippen molar-refractivity contribution in [3.63, 3.8) is 0 Å². The number of aliphatic imine (C=N–C) groups is 1. The molecule has 0 aromatic heterocycles. The molecule has 5 N–H and O–H groups in total. The molecule has 0 aliphatic rings. The maximum absolute atomic E-state index is 12.7. The van der Waals surface area contributed by atoms with Gasteiger partial charge in [-0.05, 0) is 37.1 Å². The van der Waals surface area contributed by atoms with Gasteiger partial charge in [-0.3, -0.25) is 24.7 Å².